The number of carbonyl (C=O) groups is 2. The molecular formula is C21H38F3N4O4P. The largest absolute Gasteiger partial charge is 0.471 e. The van der Waals surface area contributed by atoms with Crippen LogP contribution in [0.1, 0.15) is 66.7 Å². The second-order valence-corrected chi connectivity index (χ2v) is 9.51. The van der Waals surface area contributed by atoms with Gasteiger partial charge in [-0.2, -0.15) is 13.2 Å². The first kappa shape index (κ1) is 31.5. The van der Waals surface area contributed by atoms with Crippen molar-refractivity contribution in [3.05, 3.63) is 11.4 Å². The van der Waals surface area contributed by atoms with Gasteiger partial charge in [0.05, 0.1) is 12.6 Å². The molecule has 0 radical (unpaired) electrons. The van der Waals surface area contributed by atoms with Crippen molar-refractivity contribution in [3.8, 4) is 0 Å². The van der Waals surface area contributed by atoms with Crippen molar-refractivity contribution in [2.24, 2.45) is 0 Å². The molecule has 0 spiro atoms. The van der Waals surface area contributed by atoms with E-state index in [9.17, 15) is 22.8 Å². The van der Waals surface area contributed by atoms with E-state index in [-0.39, 0.29) is 56.8 Å². The van der Waals surface area contributed by atoms with Crippen LogP contribution in [0.5, 0.6) is 0 Å². The molecule has 0 saturated carbocycles. The molecule has 0 fully saturated rings. The Morgan fingerprint density at radius 1 is 1.09 bits per heavy atom. The summed E-state index contributed by atoms with van der Waals surface area (Å²) in [5.74, 6) is -2.11. The van der Waals surface area contributed by atoms with E-state index >= 15 is 0 Å². The highest BCUT2D eigenvalue weighted by Crippen LogP contribution is 2.45. The summed E-state index contributed by atoms with van der Waals surface area (Å²) in [6, 6.07) is 0.151. The zero-order valence-corrected chi connectivity index (χ0v) is 21.1. The van der Waals surface area contributed by atoms with Crippen LogP contribution in [0.3, 0.4) is 0 Å². The van der Waals surface area contributed by atoms with Crippen molar-refractivity contribution < 1.29 is 31.8 Å². The molecule has 0 aliphatic rings. The predicted octanol–water partition coefficient (Wildman–Crippen LogP) is 4.42. The Morgan fingerprint density at radius 2 is 1.73 bits per heavy atom. The van der Waals surface area contributed by atoms with E-state index in [1.165, 1.54) is 0 Å². The summed E-state index contributed by atoms with van der Waals surface area (Å²) in [6.45, 7) is 17.8. The van der Waals surface area contributed by atoms with Crippen molar-refractivity contribution in [2.45, 2.75) is 91.0 Å². The molecule has 8 nitrogen and oxygen atoms in total. The van der Waals surface area contributed by atoms with Crippen molar-refractivity contribution >= 4 is 20.3 Å². The van der Waals surface area contributed by atoms with Crippen LogP contribution in [-0.4, -0.2) is 67.1 Å². The molecule has 0 bridgehead atoms. The first-order valence-electron chi connectivity index (χ1n) is 11.3. The minimum atomic E-state index is -4.87. The maximum Gasteiger partial charge on any atom is 0.471 e. The number of nitrogens with one attached hydrogen (secondary N) is 2. The fraction of sp³-hybridized carbons (Fsp3) is 0.857. The minimum Gasteiger partial charge on any atom is -0.351 e. The summed E-state index contributed by atoms with van der Waals surface area (Å²) in [5.41, 5.74) is 0. The maximum atomic E-state index is 12.2. The van der Waals surface area contributed by atoms with E-state index in [0.29, 0.717) is 25.7 Å². The lowest BCUT2D eigenvalue weighted by Crippen LogP contribution is -2.39. The van der Waals surface area contributed by atoms with Crippen LogP contribution in [0, 0.1) is 6.57 Å². The maximum absolute atomic E-state index is 12.2. The molecule has 0 rings (SSSR count). The third kappa shape index (κ3) is 14.4. The van der Waals surface area contributed by atoms with E-state index in [1.807, 2.05) is 39.9 Å². The number of hydrogen-bond acceptors (Lipinski definition) is 5. The fourth-order valence-corrected chi connectivity index (χ4v) is 4.55. The number of carbonyl (C=O) groups excluding carboxylic acids is 2. The highest BCUT2D eigenvalue weighted by molar-refractivity contribution is 7.44. The highest BCUT2D eigenvalue weighted by atomic mass is 31.2. The van der Waals surface area contributed by atoms with Gasteiger partial charge in [-0.05, 0) is 47.0 Å². The Hall–Kier alpha value is -1.47. The Kier molecular flexibility index (Phi) is 16.3. The first-order valence-corrected chi connectivity index (χ1v) is 12.4. The molecule has 2 N–H and O–H groups in total. The van der Waals surface area contributed by atoms with Crippen LogP contribution in [0.15, 0.2) is 0 Å². The molecule has 192 valence electrons. The highest BCUT2D eigenvalue weighted by Gasteiger charge is 2.38. The lowest BCUT2D eigenvalue weighted by Gasteiger charge is -2.36. The van der Waals surface area contributed by atoms with Gasteiger partial charge in [-0.1, -0.05) is 13.3 Å². The minimum absolute atomic E-state index is 0.0787. The zero-order valence-electron chi connectivity index (χ0n) is 20.2. The molecule has 2 unspecified atom stereocenters. The van der Waals surface area contributed by atoms with E-state index in [2.05, 4.69) is 14.8 Å². The molecule has 12 heteroatoms. The molecule has 2 atom stereocenters. The normalized spacial score (nSPS) is 13.8. The van der Waals surface area contributed by atoms with E-state index < -0.39 is 20.6 Å². The average Bonchev–Trinajstić information content (AvgIpc) is 2.71. The van der Waals surface area contributed by atoms with Crippen molar-refractivity contribution in [1.29, 1.82) is 0 Å². The number of alkyl halides is 3. The summed E-state index contributed by atoms with van der Waals surface area (Å²) in [7, 11) is -1.39. The van der Waals surface area contributed by atoms with E-state index in [4.69, 9.17) is 15.6 Å². The summed E-state index contributed by atoms with van der Waals surface area (Å²) in [4.78, 5) is 26.3. The summed E-state index contributed by atoms with van der Waals surface area (Å²) in [5, 5.41) is 4.73. The molecule has 0 aromatic rings. The molecular weight excluding hydrogens is 460 g/mol. The third-order valence-corrected chi connectivity index (χ3v) is 6.59. The van der Waals surface area contributed by atoms with Crippen LogP contribution in [0.2, 0.25) is 0 Å². The fourth-order valence-electron chi connectivity index (χ4n) is 2.91. The van der Waals surface area contributed by atoms with Gasteiger partial charge in [0.1, 0.15) is 6.61 Å². The smallest absolute Gasteiger partial charge is 0.351 e. The van der Waals surface area contributed by atoms with Crippen LogP contribution in [0.4, 0.5) is 13.2 Å². The van der Waals surface area contributed by atoms with Gasteiger partial charge < -0.3 is 24.5 Å². The van der Waals surface area contributed by atoms with Gasteiger partial charge in [-0.25, -0.2) is 11.2 Å². The number of hydrogen-bond donors (Lipinski definition) is 2. The number of nitrogens with zero attached hydrogens (tertiary/aromatic N) is 2. The number of halogens is 3. The Morgan fingerprint density at radius 3 is 2.24 bits per heavy atom. The van der Waals surface area contributed by atoms with Crippen molar-refractivity contribution in [3.63, 3.8) is 0 Å². The molecule has 0 saturated heterocycles. The summed E-state index contributed by atoms with van der Waals surface area (Å²) < 4.78 is 50.3. The topological polar surface area (TPSA) is 84.3 Å². The second kappa shape index (κ2) is 17.0. The van der Waals surface area contributed by atoms with Gasteiger partial charge >= 0.3 is 12.1 Å². The average molecular weight is 499 g/mol. The van der Waals surface area contributed by atoms with Crippen molar-refractivity contribution in [1.82, 2.24) is 15.3 Å². The molecule has 33 heavy (non-hydrogen) atoms. The standard InChI is InChI=1S/C21H38F3N4O4P/c1-7-18(15-32-33(31-14-13-25-6)28(16(2)3)17(4)5)27-19(29)11-9-8-10-12-26-20(30)21(22,23)24/h16-18H,7-15H2,1-5H3,(H,26,30)(H,27,29). The van der Waals surface area contributed by atoms with Gasteiger partial charge in [-0.15, -0.1) is 0 Å². The summed E-state index contributed by atoms with van der Waals surface area (Å²) in [6.07, 6.45) is -2.58. The SMILES string of the molecule is [C-]#[N+]CCOP(OCC(CC)NC(=O)CCCCCNC(=O)C(F)(F)F)N(C(C)C)C(C)C. The molecule has 2 amide bonds. The second-order valence-electron chi connectivity index (χ2n) is 8.05. The summed E-state index contributed by atoms with van der Waals surface area (Å²) >= 11 is 0. The van der Waals surface area contributed by atoms with E-state index in [0.717, 1.165) is 0 Å². The van der Waals surface area contributed by atoms with Crippen LogP contribution >= 0.6 is 8.53 Å². The predicted molar refractivity (Wildman–Crippen MR) is 122 cm³/mol. The number of unbranched alkanes of at least 4 members (excludes halogenated alkanes) is 2. The molecule has 0 aliphatic carbocycles. The number of rotatable bonds is 17. The Bertz CT molecular complexity index is 607. The lowest BCUT2D eigenvalue weighted by molar-refractivity contribution is -0.173. The zero-order chi connectivity index (χ0) is 25.4. The van der Waals surface area contributed by atoms with Gasteiger partial charge in [0.15, 0.2) is 0 Å². The van der Waals surface area contributed by atoms with Gasteiger partial charge in [0.2, 0.25) is 12.5 Å². The number of amides is 2. The van der Waals surface area contributed by atoms with Gasteiger partial charge in [-0.3, -0.25) is 9.59 Å². The third-order valence-electron chi connectivity index (χ3n) is 4.52. The van der Waals surface area contributed by atoms with Crippen LogP contribution in [0.25, 0.3) is 4.85 Å². The lowest BCUT2D eigenvalue weighted by atomic mass is 10.1. The molecule has 0 aromatic heterocycles. The van der Waals surface area contributed by atoms with Crippen molar-refractivity contribution in [2.75, 3.05) is 26.3 Å². The molecule has 0 aromatic carbocycles. The Balaban J connectivity index is 4.46. The first-order chi connectivity index (χ1) is 15.4. The van der Waals surface area contributed by atoms with Gasteiger partial charge in [0, 0.05) is 25.0 Å². The Labute approximate surface area is 196 Å². The monoisotopic (exact) mass is 498 g/mol. The quantitative estimate of drug-likeness (QED) is 0.176. The van der Waals surface area contributed by atoms with Gasteiger partial charge in [0.25, 0.3) is 8.53 Å². The van der Waals surface area contributed by atoms with Crippen LogP contribution < -0.4 is 10.6 Å². The molecule has 0 heterocycles. The molecule has 0 aliphatic heterocycles. The van der Waals surface area contributed by atoms with Crippen LogP contribution in [-0.2, 0) is 18.6 Å². The van der Waals surface area contributed by atoms with E-state index in [1.54, 1.807) is 0 Å².